The Morgan fingerprint density at radius 2 is 1.64 bits per heavy atom. The minimum absolute atomic E-state index is 0.0684. The highest BCUT2D eigenvalue weighted by Crippen LogP contribution is 2.65. The highest BCUT2D eigenvalue weighted by atomic mass is 35.5. The van der Waals surface area contributed by atoms with Crippen molar-refractivity contribution in [3.63, 3.8) is 0 Å². The normalized spacial score (nSPS) is 29.4. The molecule has 2 heterocycles. The van der Waals surface area contributed by atoms with Gasteiger partial charge in [-0.05, 0) is 74.6 Å². The lowest BCUT2D eigenvalue weighted by molar-refractivity contribution is -0.131. The number of allylic oxidation sites excluding steroid dienone is 2. The summed E-state index contributed by atoms with van der Waals surface area (Å²) in [5.74, 6) is -4.54. The average Bonchev–Trinajstić information content (AvgIpc) is 3.38. The Morgan fingerprint density at radius 1 is 0.886 bits per heavy atom. The number of imide groups is 2. The van der Waals surface area contributed by atoms with E-state index in [0.717, 1.165) is 11.1 Å². The van der Waals surface area contributed by atoms with Crippen molar-refractivity contribution in [2.75, 3.05) is 16.9 Å². The van der Waals surface area contributed by atoms with Gasteiger partial charge in [0.15, 0.2) is 0 Å². The third-order valence-corrected chi connectivity index (χ3v) is 10.7. The summed E-state index contributed by atoms with van der Waals surface area (Å²) in [7, 11) is 1.49. The van der Waals surface area contributed by atoms with Crippen LogP contribution in [0, 0.1) is 36.0 Å². The number of anilines is 2. The quantitative estimate of drug-likeness (QED) is 0.296. The van der Waals surface area contributed by atoms with E-state index in [0.29, 0.717) is 27.7 Å². The molecule has 4 amide bonds. The van der Waals surface area contributed by atoms with Crippen molar-refractivity contribution in [1.29, 1.82) is 0 Å². The van der Waals surface area contributed by atoms with Crippen molar-refractivity contribution in [2.45, 2.75) is 32.6 Å². The van der Waals surface area contributed by atoms with Gasteiger partial charge in [0.2, 0.25) is 23.6 Å². The smallest absolute Gasteiger partial charge is 0.241 e. The zero-order valence-corrected chi connectivity index (χ0v) is 25.2. The standard InChI is InChI=1S/C35H31ClN2O6/c1-18-12-13-20(16-25(18)36)37-31(40)22-15-14-21-23(28(22)33(37)42)17-24-32(41)38(19-8-5-4-6-9-19)34(43)35(24,2)30(21)29-26(39)10-7-11-27(29)44-3/h4-14,16,22-24,28,30,39H,15,17H2,1-3H3. The number of nitrogens with zero attached hydrogens (tertiary/aromatic N) is 2. The number of rotatable bonds is 4. The Morgan fingerprint density at radius 3 is 2.34 bits per heavy atom. The molecule has 2 aliphatic heterocycles. The van der Waals surface area contributed by atoms with Gasteiger partial charge in [-0.1, -0.05) is 53.6 Å². The van der Waals surface area contributed by atoms with E-state index in [2.05, 4.69) is 0 Å². The zero-order valence-electron chi connectivity index (χ0n) is 24.5. The van der Waals surface area contributed by atoms with Crippen LogP contribution in [0.4, 0.5) is 11.4 Å². The van der Waals surface area contributed by atoms with Crippen LogP contribution in [0.5, 0.6) is 11.5 Å². The van der Waals surface area contributed by atoms with Gasteiger partial charge in [0, 0.05) is 16.5 Å². The molecule has 1 saturated carbocycles. The molecule has 0 spiro atoms. The molecule has 2 aliphatic carbocycles. The third-order valence-electron chi connectivity index (χ3n) is 10.3. The number of carbonyl (C=O) groups is 4. The first-order valence-electron chi connectivity index (χ1n) is 14.7. The van der Waals surface area contributed by atoms with Gasteiger partial charge in [-0.15, -0.1) is 0 Å². The maximum absolute atomic E-state index is 14.5. The van der Waals surface area contributed by atoms with Crippen molar-refractivity contribution in [3.8, 4) is 11.5 Å². The molecule has 44 heavy (non-hydrogen) atoms. The van der Waals surface area contributed by atoms with E-state index in [4.69, 9.17) is 16.3 Å². The number of para-hydroxylation sites is 1. The number of benzene rings is 3. The largest absolute Gasteiger partial charge is 0.508 e. The topological polar surface area (TPSA) is 104 Å². The Bertz CT molecular complexity index is 1790. The highest BCUT2D eigenvalue weighted by Gasteiger charge is 2.68. The molecule has 0 bridgehead atoms. The van der Waals surface area contributed by atoms with Gasteiger partial charge in [-0.2, -0.15) is 0 Å². The number of amides is 4. The number of phenolic OH excluding ortho intramolecular Hbond substituents is 1. The van der Waals surface area contributed by atoms with Crippen molar-refractivity contribution in [1.82, 2.24) is 0 Å². The van der Waals surface area contributed by atoms with E-state index >= 15 is 0 Å². The van der Waals surface area contributed by atoms with Gasteiger partial charge in [0.25, 0.3) is 0 Å². The van der Waals surface area contributed by atoms with E-state index in [1.807, 2.05) is 19.1 Å². The van der Waals surface area contributed by atoms with E-state index in [1.54, 1.807) is 61.5 Å². The van der Waals surface area contributed by atoms with Crippen molar-refractivity contribution >= 4 is 46.6 Å². The maximum atomic E-state index is 14.5. The molecule has 1 N–H and O–H groups in total. The van der Waals surface area contributed by atoms with E-state index in [1.165, 1.54) is 23.0 Å². The number of hydrogen-bond acceptors (Lipinski definition) is 6. The Hall–Kier alpha value is -4.43. The molecule has 3 aromatic carbocycles. The fourth-order valence-corrected chi connectivity index (χ4v) is 8.30. The monoisotopic (exact) mass is 610 g/mol. The van der Waals surface area contributed by atoms with Crippen molar-refractivity contribution < 1.29 is 29.0 Å². The number of methoxy groups -OCH3 is 1. The number of hydrogen-bond donors (Lipinski definition) is 1. The molecule has 3 fully saturated rings. The fraction of sp³-hybridized carbons (Fsp3) is 0.314. The second kappa shape index (κ2) is 10.1. The third kappa shape index (κ3) is 3.76. The lowest BCUT2D eigenvalue weighted by Gasteiger charge is -2.49. The van der Waals surface area contributed by atoms with Crippen molar-refractivity contribution in [3.05, 3.63) is 94.5 Å². The number of carbonyl (C=O) groups excluding carboxylic acids is 4. The molecule has 4 aliphatic rings. The SMILES string of the molecule is COc1cccc(O)c1C1C2=CCC3C(=O)N(c4ccc(C)c(Cl)c4)C(=O)C3C2CC2C(=O)N(c3ccccc3)C(=O)C21C. The van der Waals surface area contributed by atoms with Gasteiger partial charge in [0.1, 0.15) is 11.5 Å². The van der Waals surface area contributed by atoms with E-state index in [-0.39, 0.29) is 42.2 Å². The van der Waals surface area contributed by atoms with Crippen LogP contribution in [0.2, 0.25) is 5.02 Å². The average molecular weight is 611 g/mol. The van der Waals surface area contributed by atoms with Crippen LogP contribution in [0.1, 0.15) is 36.8 Å². The van der Waals surface area contributed by atoms with Gasteiger partial charge in [0.05, 0.1) is 41.7 Å². The van der Waals surface area contributed by atoms with Gasteiger partial charge in [-0.25, -0.2) is 9.80 Å². The number of ether oxygens (including phenoxy) is 1. The highest BCUT2D eigenvalue weighted by molar-refractivity contribution is 6.32. The Balaban J connectivity index is 1.39. The number of fused-ring (bicyclic) bond motifs is 4. The van der Waals surface area contributed by atoms with Crippen LogP contribution in [0.25, 0.3) is 0 Å². The first kappa shape index (κ1) is 28.3. The summed E-state index contributed by atoms with van der Waals surface area (Å²) in [6.07, 6.45) is 2.45. The molecule has 0 aromatic heterocycles. The van der Waals surface area contributed by atoms with E-state index in [9.17, 15) is 24.3 Å². The number of halogens is 1. The van der Waals surface area contributed by atoms with Gasteiger partial charge >= 0.3 is 0 Å². The predicted molar refractivity (Wildman–Crippen MR) is 164 cm³/mol. The molecule has 3 aromatic rings. The van der Waals surface area contributed by atoms with Crippen LogP contribution in [-0.2, 0) is 19.2 Å². The molecule has 2 saturated heterocycles. The zero-order chi connectivity index (χ0) is 31.1. The van der Waals surface area contributed by atoms with Crippen molar-refractivity contribution in [2.24, 2.45) is 29.1 Å². The van der Waals surface area contributed by atoms with Crippen LogP contribution in [0.3, 0.4) is 0 Å². The minimum atomic E-state index is -1.29. The molecule has 224 valence electrons. The molecule has 6 atom stereocenters. The fourth-order valence-electron chi connectivity index (χ4n) is 8.12. The minimum Gasteiger partial charge on any atom is -0.508 e. The summed E-state index contributed by atoms with van der Waals surface area (Å²) in [6.45, 7) is 3.63. The predicted octanol–water partition coefficient (Wildman–Crippen LogP) is 5.80. The molecule has 6 unspecified atom stereocenters. The molecule has 8 nitrogen and oxygen atoms in total. The first-order valence-corrected chi connectivity index (χ1v) is 15.1. The van der Waals surface area contributed by atoms with Gasteiger partial charge in [-0.3, -0.25) is 19.2 Å². The second-order valence-corrected chi connectivity index (χ2v) is 12.7. The summed E-state index contributed by atoms with van der Waals surface area (Å²) in [4.78, 5) is 59.3. The molecule has 9 heteroatoms. The van der Waals surface area contributed by atoms with Crippen LogP contribution < -0.4 is 14.5 Å². The van der Waals surface area contributed by atoms with Crippen LogP contribution in [0.15, 0.2) is 78.4 Å². The van der Waals surface area contributed by atoms with E-state index < -0.39 is 35.0 Å². The number of aryl methyl sites for hydroxylation is 1. The van der Waals surface area contributed by atoms with Crippen LogP contribution >= 0.6 is 11.6 Å². The molecule has 0 radical (unpaired) electrons. The second-order valence-electron chi connectivity index (χ2n) is 12.3. The summed E-state index contributed by atoms with van der Waals surface area (Å²) >= 11 is 6.38. The van der Waals surface area contributed by atoms with Gasteiger partial charge < -0.3 is 9.84 Å². The summed E-state index contributed by atoms with van der Waals surface area (Å²) in [5, 5.41) is 11.7. The first-order chi connectivity index (χ1) is 21.1. The lowest BCUT2D eigenvalue weighted by atomic mass is 9.51. The maximum Gasteiger partial charge on any atom is 0.241 e. The van der Waals surface area contributed by atoms with Crippen LogP contribution in [-0.4, -0.2) is 35.8 Å². The Labute approximate surface area is 259 Å². The molecule has 7 rings (SSSR count). The summed E-state index contributed by atoms with van der Waals surface area (Å²) in [6, 6.07) is 18.8. The molecular formula is C35H31ClN2O6. The number of phenols is 1. The lowest BCUT2D eigenvalue weighted by Crippen LogP contribution is -2.49. The summed E-state index contributed by atoms with van der Waals surface area (Å²) < 4.78 is 5.71. The summed E-state index contributed by atoms with van der Waals surface area (Å²) in [5.41, 5.74) is 1.58. The molecular weight excluding hydrogens is 580 g/mol. The number of aromatic hydroxyl groups is 1. The Kier molecular flexibility index (Phi) is 6.48.